The average molecular weight is 328 g/mol. The van der Waals surface area contributed by atoms with E-state index in [2.05, 4.69) is 0 Å². The lowest BCUT2D eigenvalue weighted by Crippen LogP contribution is -2.51. The molecule has 1 aliphatic rings. The molecular weight excluding hydrogens is 312 g/mol. The monoisotopic (exact) mass is 328 g/mol. The van der Waals surface area contributed by atoms with Crippen LogP contribution in [0.1, 0.15) is 23.0 Å². The van der Waals surface area contributed by atoms with Gasteiger partial charge in [-0.1, -0.05) is 24.3 Å². The van der Waals surface area contributed by atoms with Crippen LogP contribution in [0.4, 0.5) is 0 Å². The van der Waals surface area contributed by atoms with Crippen LogP contribution in [0.25, 0.3) is 0 Å². The minimum absolute atomic E-state index is 0.0564. The van der Waals surface area contributed by atoms with E-state index >= 15 is 0 Å². The first-order valence-corrected chi connectivity index (χ1v) is 7.43. The molecule has 1 aliphatic carbocycles. The third-order valence-electron chi connectivity index (χ3n) is 4.67. The van der Waals surface area contributed by atoms with Crippen LogP contribution in [0.2, 0.25) is 0 Å². The Morgan fingerprint density at radius 3 is 1.17 bits per heavy atom. The van der Waals surface area contributed by atoms with E-state index in [0.29, 0.717) is 11.1 Å². The maximum atomic E-state index is 11.6. The van der Waals surface area contributed by atoms with Gasteiger partial charge in [0.1, 0.15) is 11.5 Å². The Morgan fingerprint density at radius 2 is 0.917 bits per heavy atom. The van der Waals surface area contributed by atoms with E-state index in [-0.39, 0.29) is 11.5 Å². The summed E-state index contributed by atoms with van der Waals surface area (Å²) in [6.07, 6.45) is 0. The van der Waals surface area contributed by atoms with Crippen molar-refractivity contribution < 1.29 is 30.0 Å². The molecule has 2 aromatic carbocycles. The summed E-state index contributed by atoms with van der Waals surface area (Å²) in [6.45, 7) is 0. The lowest BCUT2D eigenvalue weighted by Gasteiger charge is -2.48. The number of phenols is 2. The summed E-state index contributed by atoms with van der Waals surface area (Å²) in [7, 11) is 0. The molecule has 3 rings (SSSR count). The second-order valence-corrected chi connectivity index (χ2v) is 5.96. The molecular formula is C18H16O6. The molecule has 1 saturated carbocycles. The first kappa shape index (κ1) is 15.9. The molecule has 0 bridgehead atoms. The number of phenolic OH excluding ortho intramolecular Hbond substituents is 2. The van der Waals surface area contributed by atoms with Crippen molar-refractivity contribution in [2.75, 3.05) is 0 Å². The Labute approximate surface area is 137 Å². The number of rotatable bonds is 4. The van der Waals surface area contributed by atoms with Crippen molar-refractivity contribution >= 4 is 11.9 Å². The van der Waals surface area contributed by atoms with E-state index < -0.39 is 35.6 Å². The van der Waals surface area contributed by atoms with Crippen LogP contribution in [0.15, 0.2) is 48.5 Å². The van der Waals surface area contributed by atoms with Gasteiger partial charge in [0.15, 0.2) is 0 Å². The Bertz CT molecular complexity index is 698. The van der Waals surface area contributed by atoms with Gasteiger partial charge >= 0.3 is 11.9 Å². The van der Waals surface area contributed by atoms with Gasteiger partial charge in [0, 0.05) is 11.8 Å². The molecule has 0 saturated heterocycles. The summed E-state index contributed by atoms with van der Waals surface area (Å²) in [6, 6.07) is 12.3. The normalized spacial score (nSPS) is 25.7. The molecule has 124 valence electrons. The van der Waals surface area contributed by atoms with Crippen molar-refractivity contribution in [3.63, 3.8) is 0 Å². The fourth-order valence-electron chi connectivity index (χ4n) is 3.58. The summed E-state index contributed by atoms with van der Waals surface area (Å²) < 4.78 is 0. The number of aliphatic carboxylic acids is 2. The highest BCUT2D eigenvalue weighted by Gasteiger charge is 2.58. The highest BCUT2D eigenvalue weighted by atomic mass is 16.4. The zero-order valence-corrected chi connectivity index (χ0v) is 12.5. The zero-order chi connectivity index (χ0) is 17.4. The molecule has 0 unspecified atom stereocenters. The number of hydrogen-bond acceptors (Lipinski definition) is 4. The van der Waals surface area contributed by atoms with Gasteiger partial charge in [-0.2, -0.15) is 0 Å². The number of benzene rings is 2. The second-order valence-electron chi connectivity index (χ2n) is 5.96. The highest BCUT2D eigenvalue weighted by molar-refractivity contribution is 5.85. The Hall–Kier alpha value is -3.02. The molecule has 0 radical (unpaired) electrons. The van der Waals surface area contributed by atoms with Crippen LogP contribution in [-0.2, 0) is 9.59 Å². The summed E-state index contributed by atoms with van der Waals surface area (Å²) in [4.78, 5) is 23.3. The van der Waals surface area contributed by atoms with Crippen molar-refractivity contribution in [2.45, 2.75) is 11.8 Å². The zero-order valence-electron chi connectivity index (χ0n) is 12.5. The van der Waals surface area contributed by atoms with E-state index in [1.807, 2.05) is 0 Å². The maximum absolute atomic E-state index is 11.6. The molecule has 1 fully saturated rings. The molecule has 4 N–H and O–H groups in total. The standard InChI is InChI=1S/C18H16O6/c19-11-5-1-9(2-6-11)13-14(10-3-7-12(20)8-4-10)16(18(23)24)15(13)17(21)22/h1-8,13-16,19-20H,(H,21,22)(H,23,24)/t13-,14+,15-,16+. The molecule has 6 heteroatoms. The van der Waals surface area contributed by atoms with Crippen molar-refractivity contribution in [3.05, 3.63) is 59.7 Å². The predicted molar refractivity (Wildman–Crippen MR) is 83.9 cm³/mol. The molecule has 24 heavy (non-hydrogen) atoms. The Morgan fingerprint density at radius 1 is 0.625 bits per heavy atom. The van der Waals surface area contributed by atoms with Crippen LogP contribution in [0.5, 0.6) is 11.5 Å². The quantitative estimate of drug-likeness (QED) is 0.685. The topological polar surface area (TPSA) is 115 Å². The van der Waals surface area contributed by atoms with E-state index in [1.165, 1.54) is 24.3 Å². The van der Waals surface area contributed by atoms with Gasteiger partial charge in [-0.05, 0) is 35.4 Å². The molecule has 0 amide bonds. The minimum Gasteiger partial charge on any atom is -0.508 e. The summed E-state index contributed by atoms with van der Waals surface area (Å²) in [5.41, 5.74) is 1.33. The van der Waals surface area contributed by atoms with Crippen LogP contribution in [-0.4, -0.2) is 32.4 Å². The second kappa shape index (κ2) is 5.88. The lowest BCUT2D eigenvalue weighted by molar-refractivity contribution is -0.164. The average Bonchev–Trinajstić information content (AvgIpc) is 2.49. The Balaban J connectivity index is 2.06. The molecule has 0 aliphatic heterocycles. The van der Waals surface area contributed by atoms with Gasteiger partial charge in [-0.15, -0.1) is 0 Å². The molecule has 0 heterocycles. The molecule has 0 aromatic heterocycles. The molecule has 4 atom stereocenters. The first-order chi connectivity index (χ1) is 11.4. The third kappa shape index (κ3) is 2.56. The number of aromatic hydroxyl groups is 2. The number of carboxylic acids is 2. The van der Waals surface area contributed by atoms with Crippen molar-refractivity contribution in [1.82, 2.24) is 0 Å². The number of carboxylic acid groups (broad SMARTS) is 2. The van der Waals surface area contributed by atoms with Crippen LogP contribution < -0.4 is 0 Å². The fourth-order valence-corrected chi connectivity index (χ4v) is 3.58. The van der Waals surface area contributed by atoms with Crippen molar-refractivity contribution in [1.29, 1.82) is 0 Å². The smallest absolute Gasteiger partial charge is 0.308 e. The van der Waals surface area contributed by atoms with Gasteiger partial charge in [0.2, 0.25) is 0 Å². The summed E-state index contributed by atoms with van der Waals surface area (Å²) in [5.74, 6) is -5.34. The predicted octanol–water partition coefficient (Wildman–Crippen LogP) is 2.38. The first-order valence-electron chi connectivity index (χ1n) is 7.43. The largest absolute Gasteiger partial charge is 0.508 e. The van der Waals surface area contributed by atoms with Crippen molar-refractivity contribution in [3.8, 4) is 11.5 Å². The van der Waals surface area contributed by atoms with Gasteiger partial charge in [0.05, 0.1) is 11.8 Å². The molecule has 2 aromatic rings. The van der Waals surface area contributed by atoms with Crippen molar-refractivity contribution in [2.24, 2.45) is 11.8 Å². The van der Waals surface area contributed by atoms with Crippen LogP contribution in [0, 0.1) is 11.8 Å². The maximum Gasteiger partial charge on any atom is 0.308 e. The van der Waals surface area contributed by atoms with E-state index in [4.69, 9.17) is 0 Å². The summed E-state index contributed by atoms with van der Waals surface area (Å²) >= 11 is 0. The highest BCUT2D eigenvalue weighted by Crippen LogP contribution is 2.58. The third-order valence-corrected chi connectivity index (χ3v) is 4.67. The van der Waals surface area contributed by atoms with Crippen LogP contribution >= 0.6 is 0 Å². The van der Waals surface area contributed by atoms with E-state index in [1.54, 1.807) is 24.3 Å². The van der Waals surface area contributed by atoms with Gasteiger partial charge in [-0.3, -0.25) is 9.59 Å². The molecule has 0 spiro atoms. The number of carbonyl (C=O) groups is 2. The van der Waals surface area contributed by atoms with E-state index in [9.17, 15) is 30.0 Å². The van der Waals surface area contributed by atoms with E-state index in [0.717, 1.165) is 0 Å². The molecule has 6 nitrogen and oxygen atoms in total. The summed E-state index contributed by atoms with van der Waals surface area (Å²) in [5, 5.41) is 37.8. The van der Waals surface area contributed by atoms with Gasteiger partial charge in [0.25, 0.3) is 0 Å². The van der Waals surface area contributed by atoms with Gasteiger partial charge in [-0.25, -0.2) is 0 Å². The lowest BCUT2D eigenvalue weighted by atomic mass is 9.52. The van der Waals surface area contributed by atoms with Crippen LogP contribution in [0.3, 0.4) is 0 Å². The Kier molecular flexibility index (Phi) is 3.89. The number of hydrogen-bond donors (Lipinski definition) is 4. The SMILES string of the molecule is O=C(O)[C@@H]1[C@H](C(=O)O)[C@H](c2ccc(O)cc2)[C@@H]1c1ccc(O)cc1. The van der Waals surface area contributed by atoms with Gasteiger partial charge < -0.3 is 20.4 Å². The fraction of sp³-hybridized carbons (Fsp3) is 0.222. The minimum atomic E-state index is -1.16.